The van der Waals surface area contributed by atoms with Crippen molar-refractivity contribution in [2.75, 3.05) is 12.4 Å². The summed E-state index contributed by atoms with van der Waals surface area (Å²) in [4.78, 5) is 0. The van der Waals surface area contributed by atoms with E-state index in [0.29, 0.717) is 12.4 Å². The molecule has 0 aliphatic rings. The second kappa shape index (κ2) is 10.1. The molecule has 0 amide bonds. The van der Waals surface area contributed by atoms with Gasteiger partial charge in [0.2, 0.25) is 0 Å². The van der Waals surface area contributed by atoms with E-state index in [0.717, 1.165) is 11.3 Å². The first-order valence-corrected chi connectivity index (χ1v) is 13.9. The lowest BCUT2D eigenvalue weighted by Crippen LogP contribution is -2.47. The molecule has 0 aliphatic heterocycles. The number of nitrogens with zero attached hydrogens (tertiary/aromatic N) is 1. The lowest BCUT2D eigenvalue weighted by atomic mass is 10.0. The van der Waals surface area contributed by atoms with E-state index in [1.54, 1.807) is 11.8 Å². The normalized spacial score (nSPS) is 14.9. The Morgan fingerprint density at radius 2 is 1.67 bits per heavy atom. The summed E-state index contributed by atoms with van der Waals surface area (Å²) in [7, 11) is -1.64. The highest BCUT2D eigenvalue weighted by atomic mass is 32.2. The summed E-state index contributed by atoms with van der Waals surface area (Å²) in [6.07, 6.45) is 0. The fourth-order valence-corrected chi connectivity index (χ4v) is 4.43. The third kappa shape index (κ3) is 7.90. The van der Waals surface area contributed by atoms with Crippen molar-refractivity contribution in [2.24, 2.45) is 0 Å². The molecule has 0 fully saturated rings. The lowest BCUT2D eigenvalue weighted by Gasteiger charge is -2.31. The number of nitrogens with one attached hydrogen (secondary N) is 1. The molecule has 2 aromatic carbocycles. The van der Waals surface area contributed by atoms with Gasteiger partial charge in [-0.25, -0.2) is 0 Å². The minimum absolute atomic E-state index is 0.0000923. The molecule has 0 radical (unpaired) electrons. The zero-order chi connectivity index (χ0) is 19.8. The van der Waals surface area contributed by atoms with Gasteiger partial charge in [0.1, 0.15) is 5.54 Å². The van der Waals surface area contributed by atoms with Crippen molar-refractivity contribution in [1.82, 2.24) is 5.32 Å². The monoisotopic (exact) mass is 398 g/mol. The molecule has 3 nitrogen and oxygen atoms in total. The first-order valence-electron chi connectivity index (χ1n) is 9.31. The van der Waals surface area contributed by atoms with Crippen LogP contribution in [0.5, 0.6) is 0 Å². The number of benzene rings is 2. The predicted molar refractivity (Wildman–Crippen MR) is 118 cm³/mol. The van der Waals surface area contributed by atoms with E-state index in [1.807, 2.05) is 31.2 Å². The molecule has 0 aliphatic carbocycles. The Hall–Kier alpha value is -1.58. The molecule has 1 unspecified atom stereocenters. The Balaban J connectivity index is 2.03. The second-order valence-corrected chi connectivity index (χ2v) is 13.5. The van der Waals surface area contributed by atoms with E-state index in [9.17, 15) is 5.26 Å². The Labute approximate surface area is 169 Å². The molecule has 27 heavy (non-hydrogen) atoms. The predicted octanol–water partition coefficient (Wildman–Crippen LogP) is 5.38. The second-order valence-electron chi connectivity index (χ2n) is 7.95. The van der Waals surface area contributed by atoms with Gasteiger partial charge in [-0.05, 0) is 37.7 Å². The summed E-state index contributed by atoms with van der Waals surface area (Å²) >= 11 is 1.78. The van der Waals surface area contributed by atoms with E-state index < -0.39 is 13.9 Å². The van der Waals surface area contributed by atoms with Crippen LogP contribution in [0.3, 0.4) is 0 Å². The molecule has 0 saturated carbocycles. The Morgan fingerprint density at radius 3 is 2.22 bits per heavy atom. The van der Waals surface area contributed by atoms with E-state index >= 15 is 0 Å². The van der Waals surface area contributed by atoms with E-state index in [2.05, 4.69) is 67.4 Å². The van der Waals surface area contributed by atoms with Crippen LogP contribution in [-0.2, 0) is 10.2 Å². The van der Waals surface area contributed by atoms with Crippen LogP contribution in [0.25, 0.3) is 0 Å². The van der Waals surface area contributed by atoms with Crippen LogP contribution >= 0.6 is 11.8 Å². The molecule has 2 aromatic rings. The van der Waals surface area contributed by atoms with Crippen molar-refractivity contribution < 1.29 is 4.43 Å². The molecule has 2 atom stereocenters. The van der Waals surface area contributed by atoms with Gasteiger partial charge in [-0.15, -0.1) is 0 Å². The quantitative estimate of drug-likeness (QED) is 0.545. The maximum atomic E-state index is 9.85. The molecule has 0 aromatic heterocycles. The lowest BCUT2D eigenvalue weighted by molar-refractivity contribution is 0.241. The summed E-state index contributed by atoms with van der Waals surface area (Å²) in [6.45, 7) is 9.13. The highest BCUT2D eigenvalue weighted by molar-refractivity contribution is 7.98. The maximum Gasteiger partial charge on any atom is 0.183 e. The summed E-state index contributed by atoms with van der Waals surface area (Å²) in [6, 6.07) is 23.1. The van der Waals surface area contributed by atoms with Crippen LogP contribution in [-0.4, -0.2) is 26.2 Å². The van der Waals surface area contributed by atoms with Crippen LogP contribution in [0.2, 0.25) is 19.6 Å². The number of hydrogen-bond donors (Lipinski definition) is 1. The van der Waals surface area contributed by atoms with Crippen LogP contribution in [0.15, 0.2) is 60.7 Å². The highest BCUT2D eigenvalue weighted by Crippen LogP contribution is 2.23. The van der Waals surface area contributed by atoms with Crippen molar-refractivity contribution in [3.8, 4) is 6.07 Å². The Kier molecular flexibility index (Phi) is 8.12. The van der Waals surface area contributed by atoms with E-state index in [4.69, 9.17) is 4.43 Å². The van der Waals surface area contributed by atoms with E-state index in [1.165, 1.54) is 5.56 Å². The summed E-state index contributed by atoms with van der Waals surface area (Å²) in [5.41, 5.74) is 1.82. The molecule has 2 rings (SSSR count). The van der Waals surface area contributed by atoms with Gasteiger partial charge < -0.3 is 4.43 Å². The number of rotatable bonds is 10. The standard InChI is InChI=1S/C22H30N2OSSi/c1-22(17-23,18-26-16-19-11-7-5-8-12-19)24-21(15-25-27(2,3)4)20-13-9-6-10-14-20/h5-14,21,24H,15-16,18H2,1-4H3/t21-,22?/m0/s1. The highest BCUT2D eigenvalue weighted by Gasteiger charge is 2.29. The molecule has 1 N–H and O–H groups in total. The molecule has 144 valence electrons. The third-order valence-corrected chi connectivity index (χ3v) is 6.48. The number of hydrogen-bond acceptors (Lipinski definition) is 4. The minimum atomic E-state index is -1.64. The van der Waals surface area contributed by atoms with Gasteiger partial charge in [0, 0.05) is 11.5 Å². The van der Waals surface area contributed by atoms with Crippen LogP contribution in [0.4, 0.5) is 0 Å². The van der Waals surface area contributed by atoms with Crippen LogP contribution < -0.4 is 5.32 Å². The Bertz CT molecular complexity index is 727. The van der Waals surface area contributed by atoms with Gasteiger partial charge in [0.15, 0.2) is 8.32 Å². The first kappa shape index (κ1) is 21.7. The summed E-state index contributed by atoms with van der Waals surface area (Å²) in [5, 5.41) is 13.4. The molecular formula is C22H30N2OSSi. The van der Waals surface area contributed by atoms with Gasteiger partial charge in [-0.2, -0.15) is 17.0 Å². The maximum absolute atomic E-state index is 9.85. The first-order chi connectivity index (χ1) is 12.8. The van der Waals surface area contributed by atoms with Gasteiger partial charge in [-0.3, -0.25) is 5.32 Å². The fourth-order valence-electron chi connectivity index (χ4n) is 2.68. The smallest absolute Gasteiger partial charge is 0.183 e. The largest absolute Gasteiger partial charge is 0.416 e. The van der Waals surface area contributed by atoms with Crippen molar-refractivity contribution in [3.63, 3.8) is 0 Å². The molecular weight excluding hydrogens is 368 g/mol. The molecule has 0 heterocycles. The van der Waals surface area contributed by atoms with Crippen LogP contribution in [0, 0.1) is 11.3 Å². The zero-order valence-electron chi connectivity index (χ0n) is 16.7. The minimum Gasteiger partial charge on any atom is -0.416 e. The topological polar surface area (TPSA) is 45.0 Å². The van der Waals surface area contributed by atoms with Crippen molar-refractivity contribution >= 4 is 20.1 Å². The van der Waals surface area contributed by atoms with E-state index in [-0.39, 0.29) is 6.04 Å². The Morgan fingerprint density at radius 1 is 1.07 bits per heavy atom. The molecule has 0 spiro atoms. The SMILES string of the molecule is CC(C#N)(CSCc1ccccc1)N[C@@H](CO[Si](C)(C)C)c1ccccc1. The summed E-state index contributed by atoms with van der Waals surface area (Å²) < 4.78 is 6.17. The number of thioether (sulfide) groups is 1. The molecule has 0 bridgehead atoms. The number of nitriles is 1. The average Bonchev–Trinajstić information content (AvgIpc) is 2.66. The fraction of sp³-hybridized carbons (Fsp3) is 0.409. The van der Waals surface area contributed by atoms with Gasteiger partial charge in [0.25, 0.3) is 0 Å². The molecule has 5 heteroatoms. The van der Waals surface area contributed by atoms with Crippen molar-refractivity contribution in [2.45, 2.75) is 43.9 Å². The van der Waals surface area contributed by atoms with Crippen molar-refractivity contribution in [1.29, 1.82) is 5.26 Å². The van der Waals surface area contributed by atoms with Gasteiger partial charge in [-0.1, -0.05) is 60.7 Å². The van der Waals surface area contributed by atoms with Gasteiger partial charge in [0.05, 0.1) is 18.7 Å². The van der Waals surface area contributed by atoms with Gasteiger partial charge >= 0.3 is 0 Å². The third-order valence-electron chi connectivity index (χ3n) is 4.13. The zero-order valence-corrected chi connectivity index (χ0v) is 18.6. The summed E-state index contributed by atoms with van der Waals surface area (Å²) in [5.74, 6) is 1.62. The molecule has 0 saturated heterocycles. The van der Waals surface area contributed by atoms with Crippen molar-refractivity contribution in [3.05, 3.63) is 71.8 Å². The van der Waals surface area contributed by atoms with Crippen LogP contribution in [0.1, 0.15) is 24.1 Å². The average molecular weight is 399 g/mol.